The summed E-state index contributed by atoms with van der Waals surface area (Å²) in [7, 11) is -4.20. The van der Waals surface area contributed by atoms with Gasteiger partial charge in [-0.3, -0.25) is 4.98 Å². The van der Waals surface area contributed by atoms with Crippen molar-refractivity contribution in [3.05, 3.63) is 70.0 Å². The van der Waals surface area contributed by atoms with Gasteiger partial charge in [0.1, 0.15) is 0 Å². The standard InChI is InChI=1S/C16H12BrN2O3S/c1-11-4-6-14(7-5-11)23(21,22)19(20)15-10-13(17)9-12-3-2-8-18-16(12)15/h2-10H,1H3/q-1. The minimum Gasteiger partial charge on any atom is -0.744 e. The molecule has 0 unspecified atom stereocenters. The van der Waals surface area contributed by atoms with Crippen molar-refractivity contribution < 1.29 is 8.42 Å². The number of benzene rings is 2. The number of nitrogens with zero attached hydrogens (tertiary/aromatic N) is 2. The van der Waals surface area contributed by atoms with Crippen molar-refractivity contribution in [1.29, 1.82) is 0 Å². The number of aryl methyl sites for hydroxylation is 1. The van der Waals surface area contributed by atoms with Gasteiger partial charge in [0.25, 0.3) is 10.0 Å². The van der Waals surface area contributed by atoms with E-state index >= 15 is 0 Å². The number of rotatable bonds is 3. The molecule has 1 aromatic heterocycles. The van der Waals surface area contributed by atoms with Crippen LogP contribution in [0.4, 0.5) is 5.69 Å². The number of halogens is 1. The van der Waals surface area contributed by atoms with Gasteiger partial charge >= 0.3 is 0 Å². The SMILES string of the molecule is Cc1ccc(S(=O)(=O)N([O-])c2cc(Br)cc3cccnc23)cc1. The van der Waals surface area contributed by atoms with Crippen LogP contribution in [0.25, 0.3) is 10.9 Å². The van der Waals surface area contributed by atoms with E-state index < -0.39 is 10.0 Å². The topological polar surface area (TPSA) is 73.3 Å². The molecule has 118 valence electrons. The molecule has 0 saturated carbocycles. The molecule has 0 fully saturated rings. The largest absolute Gasteiger partial charge is 0.744 e. The molecule has 2 aromatic carbocycles. The Morgan fingerprint density at radius 3 is 2.52 bits per heavy atom. The summed E-state index contributed by atoms with van der Waals surface area (Å²) < 4.78 is 25.8. The molecule has 0 amide bonds. The Labute approximate surface area is 142 Å². The molecule has 0 atom stereocenters. The van der Waals surface area contributed by atoms with Gasteiger partial charge in [-0.05, 0) is 37.3 Å². The van der Waals surface area contributed by atoms with Crippen molar-refractivity contribution >= 4 is 42.5 Å². The monoisotopic (exact) mass is 391 g/mol. The van der Waals surface area contributed by atoms with Gasteiger partial charge < -0.3 is 9.68 Å². The van der Waals surface area contributed by atoms with Crippen LogP contribution in [-0.4, -0.2) is 13.4 Å². The predicted octanol–water partition coefficient (Wildman–Crippen LogP) is 4.00. The van der Waals surface area contributed by atoms with Gasteiger partial charge in [-0.2, -0.15) is 0 Å². The number of aromatic nitrogens is 1. The zero-order valence-electron chi connectivity index (χ0n) is 12.1. The van der Waals surface area contributed by atoms with Crippen LogP contribution in [0, 0.1) is 12.1 Å². The number of pyridine rings is 1. The molecule has 5 nitrogen and oxygen atoms in total. The second-order valence-corrected chi connectivity index (χ2v) is 7.71. The van der Waals surface area contributed by atoms with E-state index in [0.29, 0.717) is 15.4 Å². The summed E-state index contributed by atoms with van der Waals surface area (Å²) in [5, 5.41) is 13.3. The Bertz CT molecular complexity index is 972. The second-order valence-electron chi connectivity index (χ2n) is 5.05. The molecule has 1 heterocycles. The fourth-order valence-corrected chi connectivity index (χ4v) is 3.75. The van der Waals surface area contributed by atoms with E-state index in [1.54, 1.807) is 30.3 Å². The predicted molar refractivity (Wildman–Crippen MR) is 93.7 cm³/mol. The molecular weight excluding hydrogens is 380 g/mol. The summed E-state index contributed by atoms with van der Waals surface area (Å²) in [5.74, 6) is 0. The van der Waals surface area contributed by atoms with E-state index in [-0.39, 0.29) is 15.1 Å². The molecule has 0 saturated heterocycles. The van der Waals surface area contributed by atoms with Crippen LogP contribution in [-0.2, 0) is 10.0 Å². The molecule has 7 heteroatoms. The maximum Gasteiger partial charge on any atom is 0.254 e. The average molecular weight is 392 g/mol. The number of anilines is 1. The van der Waals surface area contributed by atoms with E-state index in [9.17, 15) is 13.6 Å². The molecule has 3 aromatic rings. The van der Waals surface area contributed by atoms with E-state index in [1.165, 1.54) is 24.4 Å². The van der Waals surface area contributed by atoms with Gasteiger partial charge in [-0.1, -0.05) is 39.7 Å². The van der Waals surface area contributed by atoms with Gasteiger partial charge in [-0.15, -0.1) is 0 Å². The quantitative estimate of drug-likeness (QED) is 0.632. The highest BCUT2D eigenvalue weighted by Crippen LogP contribution is 2.32. The van der Waals surface area contributed by atoms with Crippen LogP contribution in [0.2, 0.25) is 0 Å². The summed E-state index contributed by atoms with van der Waals surface area (Å²) >= 11 is 3.30. The minimum atomic E-state index is -4.20. The molecule has 23 heavy (non-hydrogen) atoms. The van der Waals surface area contributed by atoms with E-state index in [2.05, 4.69) is 20.9 Å². The van der Waals surface area contributed by atoms with E-state index in [1.807, 2.05) is 6.92 Å². The summed E-state index contributed by atoms with van der Waals surface area (Å²) in [6, 6.07) is 12.9. The van der Waals surface area contributed by atoms with Crippen molar-refractivity contribution in [2.45, 2.75) is 11.8 Å². The molecule has 3 rings (SSSR count). The van der Waals surface area contributed by atoms with Gasteiger partial charge in [0.15, 0.2) is 0 Å². The van der Waals surface area contributed by atoms with E-state index in [4.69, 9.17) is 0 Å². The van der Waals surface area contributed by atoms with Crippen LogP contribution in [0.5, 0.6) is 0 Å². The average Bonchev–Trinajstić information content (AvgIpc) is 2.53. The van der Waals surface area contributed by atoms with Crippen LogP contribution in [0.3, 0.4) is 0 Å². The highest BCUT2D eigenvalue weighted by atomic mass is 79.9. The highest BCUT2D eigenvalue weighted by molar-refractivity contribution is 9.10. The van der Waals surface area contributed by atoms with E-state index in [0.717, 1.165) is 5.56 Å². The molecule has 0 aliphatic carbocycles. The molecule has 0 N–H and O–H groups in total. The lowest BCUT2D eigenvalue weighted by molar-refractivity contribution is 0.596. The zero-order valence-corrected chi connectivity index (χ0v) is 14.5. The van der Waals surface area contributed by atoms with Crippen molar-refractivity contribution in [3.63, 3.8) is 0 Å². The van der Waals surface area contributed by atoms with Crippen molar-refractivity contribution in [2.24, 2.45) is 0 Å². The highest BCUT2D eigenvalue weighted by Gasteiger charge is 2.20. The smallest absolute Gasteiger partial charge is 0.254 e. The maximum atomic E-state index is 12.6. The van der Waals surface area contributed by atoms with Crippen LogP contribution < -0.4 is 4.47 Å². The van der Waals surface area contributed by atoms with Gasteiger partial charge in [0, 0.05) is 16.1 Å². The second kappa shape index (κ2) is 5.92. The van der Waals surface area contributed by atoms with Gasteiger partial charge in [0.05, 0.1) is 16.1 Å². The van der Waals surface area contributed by atoms with Crippen LogP contribution >= 0.6 is 15.9 Å². The molecule has 0 bridgehead atoms. The maximum absolute atomic E-state index is 12.6. The normalized spacial score (nSPS) is 11.6. The van der Waals surface area contributed by atoms with Crippen LogP contribution in [0.1, 0.15) is 5.56 Å². The number of hydrogen-bond donors (Lipinski definition) is 0. The Morgan fingerprint density at radius 1 is 1.13 bits per heavy atom. The van der Waals surface area contributed by atoms with Crippen molar-refractivity contribution in [3.8, 4) is 0 Å². The zero-order chi connectivity index (χ0) is 16.6. The fraction of sp³-hybridized carbons (Fsp3) is 0.0625. The van der Waals surface area contributed by atoms with Crippen molar-refractivity contribution in [1.82, 2.24) is 4.98 Å². The number of hydrogen-bond acceptors (Lipinski definition) is 4. The summed E-state index contributed by atoms with van der Waals surface area (Å²) in [6.07, 6.45) is 1.52. The van der Waals surface area contributed by atoms with Crippen LogP contribution in [0.15, 0.2) is 64.1 Å². The van der Waals surface area contributed by atoms with Crippen molar-refractivity contribution in [2.75, 3.05) is 4.47 Å². The number of sulfonamides is 1. The first kappa shape index (κ1) is 15.9. The molecule has 0 aliphatic heterocycles. The lowest BCUT2D eigenvalue weighted by Crippen LogP contribution is -2.25. The van der Waals surface area contributed by atoms with Gasteiger partial charge in [0.2, 0.25) is 0 Å². The fourth-order valence-electron chi connectivity index (χ4n) is 2.21. The molecule has 0 radical (unpaired) electrons. The minimum absolute atomic E-state index is 0.0180. The summed E-state index contributed by atoms with van der Waals surface area (Å²) in [6.45, 7) is 1.84. The summed E-state index contributed by atoms with van der Waals surface area (Å²) in [4.78, 5) is 4.08. The molecule has 0 aliphatic rings. The summed E-state index contributed by atoms with van der Waals surface area (Å²) in [5.41, 5.74) is 1.23. The Balaban J connectivity index is 2.16. The molecular formula is C16H12BrN2O3S-. The Hall–Kier alpha value is -1.96. The molecule has 0 spiro atoms. The first-order chi connectivity index (χ1) is 10.9. The lowest BCUT2D eigenvalue weighted by Gasteiger charge is -2.30. The third kappa shape index (κ3) is 2.95. The first-order valence-corrected chi connectivity index (χ1v) is 8.96. The Morgan fingerprint density at radius 2 is 1.83 bits per heavy atom. The lowest BCUT2D eigenvalue weighted by atomic mass is 10.2. The third-order valence-corrected chi connectivity index (χ3v) is 5.34. The first-order valence-electron chi connectivity index (χ1n) is 6.73. The number of fused-ring (bicyclic) bond motifs is 1. The third-order valence-electron chi connectivity index (χ3n) is 3.38. The van der Waals surface area contributed by atoms with Gasteiger partial charge in [-0.25, -0.2) is 8.42 Å². The Kier molecular flexibility index (Phi) is 4.09.